The van der Waals surface area contributed by atoms with Gasteiger partial charge in [0, 0.05) is 6.61 Å². The minimum absolute atomic E-state index is 0.232. The van der Waals surface area contributed by atoms with E-state index < -0.39 is 11.1 Å². The van der Waals surface area contributed by atoms with Crippen LogP contribution in [0.4, 0.5) is 0 Å². The van der Waals surface area contributed by atoms with E-state index in [1.807, 2.05) is 20.8 Å². The molecular weight excluding hydrogens is 252 g/mol. The predicted octanol–water partition coefficient (Wildman–Crippen LogP) is 2.81. The molecule has 1 rings (SSSR count). The highest BCUT2D eigenvalue weighted by Gasteiger charge is 2.11. The molecule has 102 valence electrons. The molecule has 0 aliphatic heterocycles. The molecular formula is C13H20O4S. The lowest BCUT2D eigenvalue weighted by molar-refractivity contribution is 0.109. The molecule has 1 aromatic rings. The fraction of sp³-hybridized carbons (Fsp3) is 0.538. The third-order valence-corrected chi connectivity index (χ3v) is 3.15. The Morgan fingerprint density at radius 2 is 2.06 bits per heavy atom. The van der Waals surface area contributed by atoms with Gasteiger partial charge in [-0.1, -0.05) is 13.8 Å². The highest BCUT2D eigenvalue weighted by molar-refractivity contribution is 7.79. The maximum atomic E-state index is 11.0. The molecule has 18 heavy (non-hydrogen) atoms. The van der Waals surface area contributed by atoms with Crippen molar-refractivity contribution in [1.29, 1.82) is 0 Å². The molecule has 0 aromatic heterocycles. The topological polar surface area (TPSA) is 55.8 Å². The van der Waals surface area contributed by atoms with Gasteiger partial charge in [0.25, 0.3) is 0 Å². The second kappa shape index (κ2) is 7.51. The zero-order chi connectivity index (χ0) is 13.5. The lowest BCUT2D eigenvalue weighted by Gasteiger charge is -2.14. The van der Waals surface area contributed by atoms with Crippen molar-refractivity contribution in [2.24, 2.45) is 0 Å². The number of benzene rings is 1. The number of ether oxygens (including phenoxy) is 2. The Balaban J connectivity index is 2.80. The van der Waals surface area contributed by atoms with Crippen molar-refractivity contribution in [3.8, 4) is 5.75 Å². The van der Waals surface area contributed by atoms with E-state index in [4.69, 9.17) is 14.0 Å². The molecule has 0 fully saturated rings. The lowest BCUT2D eigenvalue weighted by Crippen LogP contribution is -2.08. The molecule has 5 heteroatoms. The van der Waals surface area contributed by atoms with Gasteiger partial charge in [-0.15, -0.1) is 0 Å². The summed E-state index contributed by atoms with van der Waals surface area (Å²) in [6, 6.07) is 5.07. The van der Waals surface area contributed by atoms with Crippen LogP contribution in [0.5, 0.6) is 5.75 Å². The highest BCUT2D eigenvalue weighted by atomic mass is 32.2. The van der Waals surface area contributed by atoms with Gasteiger partial charge in [0.2, 0.25) is 0 Å². The second-order valence-corrected chi connectivity index (χ2v) is 5.12. The molecule has 4 nitrogen and oxygen atoms in total. The standard InChI is InChI=1S/C13H20O4S/c1-4-16-7-8-17-13-6-5-11(18(14)15)9-12(13)10(2)3/h5-6,9-10H,4,7-8H2,1-3H3,(H,14,15). The molecule has 0 amide bonds. The van der Waals surface area contributed by atoms with Gasteiger partial charge in [0.15, 0.2) is 11.1 Å². The van der Waals surface area contributed by atoms with Gasteiger partial charge in [-0.3, -0.25) is 0 Å². The van der Waals surface area contributed by atoms with E-state index in [9.17, 15) is 4.21 Å². The van der Waals surface area contributed by atoms with E-state index in [1.165, 1.54) is 0 Å². The fourth-order valence-electron chi connectivity index (χ4n) is 1.57. The van der Waals surface area contributed by atoms with Gasteiger partial charge in [-0.25, -0.2) is 4.21 Å². The fourth-order valence-corrected chi connectivity index (χ4v) is 1.98. The summed E-state index contributed by atoms with van der Waals surface area (Å²) in [7, 11) is 0. The van der Waals surface area contributed by atoms with E-state index in [0.717, 1.165) is 11.3 Å². The average molecular weight is 272 g/mol. The number of hydrogen-bond donors (Lipinski definition) is 1. The lowest BCUT2D eigenvalue weighted by atomic mass is 10.0. The monoisotopic (exact) mass is 272 g/mol. The molecule has 0 aliphatic rings. The minimum Gasteiger partial charge on any atom is -0.491 e. The van der Waals surface area contributed by atoms with Crippen molar-refractivity contribution in [2.45, 2.75) is 31.6 Å². The minimum atomic E-state index is -1.95. The van der Waals surface area contributed by atoms with Crippen LogP contribution in [-0.4, -0.2) is 28.6 Å². The van der Waals surface area contributed by atoms with Crippen LogP contribution in [0, 0.1) is 0 Å². The molecule has 0 radical (unpaired) electrons. The Morgan fingerprint density at radius 1 is 1.33 bits per heavy atom. The molecule has 0 heterocycles. The zero-order valence-corrected chi connectivity index (χ0v) is 11.8. The zero-order valence-electron chi connectivity index (χ0n) is 11.0. The summed E-state index contributed by atoms with van der Waals surface area (Å²) in [4.78, 5) is 0.399. The van der Waals surface area contributed by atoms with Gasteiger partial charge in [0.1, 0.15) is 12.4 Å². The summed E-state index contributed by atoms with van der Waals surface area (Å²) < 4.78 is 30.9. The maximum Gasteiger partial charge on any atom is 0.186 e. The Morgan fingerprint density at radius 3 is 2.61 bits per heavy atom. The SMILES string of the molecule is CCOCCOc1ccc(S(=O)O)cc1C(C)C. The van der Waals surface area contributed by atoms with Crippen molar-refractivity contribution in [3.05, 3.63) is 23.8 Å². The molecule has 1 unspecified atom stereocenters. The van der Waals surface area contributed by atoms with Crippen molar-refractivity contribution in [3.63, 3.8) is 0 Å². The molecule has 1 atom stereocenters. The second-order valence-electron chi connectivity index (χ2n) is 4.15. The third-order valence-electron chi connectivity index (χ3n) is 2.49. The highest BCUT2D eigenvalue weighted by Crippen LogP contribution is 2.28. The molecule has 0 saturated carbocycles. The summed E-state index contributed by atoms with van der Waals surface area (Å²) in [5.74, 6) is 0.981. The average Bonchev–Trinajstić information content (AvgIpc) is 2.34. The first kappa shape index (κ1) is 15.1. The van der Waals surface area contributed by atoms with Crippen molar-refractivity contribution < 1.29 is 18.2 Å². The smallest absolute Gasteiger partial charge is 0.186 e. The summed E-state index contributed by atoms with van der Waals surface area (Å²) in [5.41, 5.74) is 0.936. The summed E-state index contributed by atoms with van der Waals surface area (Å²) >= 11 is -1.95. The molecule has 0 bridgehead atoms. The molecule has 1 aromatic carbocycles. The van der Waals surface area contributed by atoms with E-state index in [0.29, 0.717) is 24.7 Å². The van der Waals surface area contributed by atoms with Crippen LogP contribution in [0.2, 0.25) is 0 Å². The third kappa shape index (κ3) is 4.40. The summed E-state index contributed by atoms with van der Waals surface area (Å²) in [6.07, 6.45) is 0. The predicted molar refractivity (Wildman–Crippen MR) is 71.6 cm³/mol. The van der Waals surface area contributed by atoms with Crippen LogP contribution < -0.4 is 4.74 Å². The van der Waals surface area contributed by atoms with Crippen LogP contribution in [-0.2, 0) is 15.8 Å². The Kier molecular flexibility index (Phi) is 6.32. The molecule has 0 aliphatic carbocycles. The van der Waals surface area contributed by atoms with E-state index in [2.05, 4.69) is 0 Å². The normalized spacial score (nSPS) is 12.7. The first-order chi connectivity index (χ1) is 8.56. The van der Waals surface area contributed by atoms with Gasteiger partial charge >= 0.3 is 0 Å². The number of rotatable bonds is 7. The Labute approximate surface area is 111 Å². The summed E-state index contributed by atoms with van der Waals surface area (Å²) in [6.45, 7) is 7.67. The first-order valence-electron chi connectivity index (χ1n) is 6.01. The van der Waals surface area contributed by atoms with E-state index >= 15 is 0 Å². The summed E-state index contributed by atoms with van der Waals surface area (Å²) in [5, 5.41) is 0. The first-order valence-corrected chi connectivity index (χ1v) is 7.12. The van der Waals surface area contributed by atoms with Crippen LogP contribution in [0.15, 0.2) is 23.1 Å². The van der Waals surface area contributed by atoms with Crippen molar-refractivity contribution in [2.75, 3.05) is 19.8 Å². The van der Waals surface area contributed by atoms with Crippen LogP contribution >= 0.6 is 0 Å². The van der Waals surface area contributed by atoms with Crippen LogP contribution in [0.25, 0.3) is 0 Å². The van der Waals surface area contributed by atoms with Gasteiger partial charge in [0.05, 0.1) is 11.5 Å². The number of hydrogen-bond acceptors (Lipinski definition) is 3. The molecule has 0 saturated heterocycles. The van der Waals surface area contributed by atoms with Gasteiger partial charge < -0.3 is 14.0 Å². The molecule has 0 spiro atoms. The van der Waals surface area contributed by atoms with E-state index in [1.54, 1.807) is 18.2 Å². The Bertz CT molecular complexity index is 404. The maximum absolute atomic E-state index is 11.0. The van der Waals surface area contributed by atoms with Crippen molar-refractivity contribution >= 4 is 11.1 Å². The van der Waals surface area contributed by atoms with E-state index in [-0.39, 0.29) is 5.92 Å². The Hall–Kier alpha value is -0.910. The van der Waals surface area contributed by atoms with Gasteiger partial charge in [-0.05, 0) is 36.6 Å². The quantitative estimate of drug-likeness (QED) is 0.612. The molecule has 1 N–H and O–H groups in total. The van der Waals surface area contributed by atoms with Crippen molar-refractivity contribution in [1.82, 2.24) is 0 Å². The van der Waals surface area contributed by atoms with Crippen LogP contribution in [0.3, 0.4) is 0 Å². The van der Waals surface area contributed by atoms with Gasteiger partial charge in [-0.2, -0.15) is 0 Å². The van der Waals surface area contributed by atoms with Crippen LogP contribution in [0.1, 0.15) is 32.3 Å². The largest absolute Gasteiger partial charge is 0.491 e.